The van der Waals surface area contributed by atoms with Crippen molar-refractivity contribution in [2.24, 2.45) is 5.73 Å². The van der Waals surface area contributed by atoms with E-state index in [1.165, 1.54) is 6.92 Å². The number of carboxylic acids is 1. The molecule has 9 heteroatoms. The van der Waals surface area contributed by atoms with Gasteiger partial charge in [-0.3, -0.25) is 4.79 Å². The molecule has 2 atom stereocenters. The lowest BCUT2D eigenvalue weighted by Gasteiger charge is -2.17. The molecule has 20 heavy (non-hydrogen) atoms. The Balaban J connectivity index is 4.35. The second-order valence-corrected chi connectivity index (χ2v) is 3.99. The van der Waals surface area contributed by atoms with Crippen LogP contribution in [0.25, 0.3) is 0 Å². The number of ether oxygens (including phenoxy) is 1. The Morgan fingerprint density at radius 3 is 2.30 bits per heavy atom. The summed E-state index contributed by atoms with van der Waals surface area (Å²) in [7, 11) is 0. The van der Waals surface area contributed by atoms with Crippen LogP contribution in [0.5, 0.6) is 0 Å². The summed E-state index contributed by atoms with van der Waals surface area (Å²) >= 11 is 0. The predicted octanol–water partition coefficient (Wildman–Crippen LogP) is -1.04. The molecule has 5 N–H and O–H groups in total. The third-order valence-corrected chi connectivity index (χ3v) is 2.27. The molecule has 0 rings (SSSR count). The molecular formula is C11H19N3O6. The van der Waals surface area contributed by atoms with Crippen molar-refractivity contribution in [2.75, 3.05) is 6.61 Å². The third-order valence-electron chi connectivity index (χ3n) is 2.27. The number of hydrogen-bond donors (Lipinski definition) is 4. The number of nitrogens with one attached hydrogen (secondary N) is 2. The van der Waals surface area contributed by atoms with Crippen LogP contribution in [0.2, 0.25) is 0 Å². The number of primary amides is 1. The first-order chi connectivity index (χ1) is 9.27. The molecule has 0 aromatic carbocycles. The maximum absolute atomic E-state index is 11.5. The third kappa shape index (κ3) is 7.19. The maximum atomic E-state index is 11.5. The molecular weight excluding hydrogens is 270 g/mol. The summed E-state index contributed by atoms with van der Waals surface area (Å²) in [6.07, 6.45) is -0.309. The number of carbonyl (C=O) groups is 4. The summed E-state index contributed by atoms with van der Waals surface area (Å²) in [6, 6.07) is -3.03. The summed E-state index contributed by atoms with van der Waals surface area (Å²) in [5.41, 5.74) is 4.90. The van der Waals surface area contributed by atoms with Gasteiger partial charge < -0.3 is 26.2 Å². The molecule has 0 saturated heterocycles. The molecule has 114 valence electrons. The second kappa shape index (κ2) is 8.73. The predicted molar refractivity (Wildman–Crippen MR) is 67.6 cm³/mol. The van der Waals surface area contributed by atoms with E-state index >= 15 is 0 Å². The zero-order valence-electron chi connectivity index (χ0n) is 11.3. The number of rotatable bonds is 8. The van der Waals surface area contributed by atoms with E-state index in [2.05, 4.69) is 15.4 Å². The lowest BCUT2D eigenvalue weighted by atomic mass is 10.1. The highest BCUT2D eigenvalue weighted by atomic mass is 16.5. The Morgan fingerprint density at radius 1 is 1.25 bits per heavy atom. The molecule has 0 saturated carbocycles. The molecule has 0 aromatic rings. The van der Waals surface area contributed by atoms with Gasteiger partial charge in [-0.25, -0.2) is 14.4 Å². The fourth-order valence-corrected chi connectivity index (χ4v) is 1.27. The van der Waals surface area contributed by atoms with Crippen LogP contribution in [-0.4, -0.2) is 47.7 Å². The number of amides is 3. The van der Waals surface area contributed by atoms with E-state index in [9.17, 15) is 19.2 Å². The van der Waals surface area contributed by atoms with E-state index in [1.807, 2.05) is 0 Å². The summed E-state index contributed by atoms with van der Waals surface area (Å²) in [6.45, 7) is 3.19. The van der Waals surface area contributed by atoms with E-state index in [4.69, 9.17) is 10.8 Å². The van der Waals surface area contributed by atoms with Crippen LogP contribution in [0, 0.1) is 0 Å². The van der Waals surface area contributed by atoms with Gasteiger partial charge in [-0.15, -0.1) is 0 Å². The van der Waals surface area contributed by atoms with Crippen LogP contribution in [0.15, 0.2) is 0 Å². The van der Waals surface area contributed by atoms with Crippen LogP contribution in [0.4, 0.5) is 4.79 Å². The maximum Gasteiger partial charge on any atom is 0.328 e. The van der Waals surface area contributed by atoms with E-state index < -0.39 is 36.0 Å². The molecule has 3 amide bonds. The van der Waals surface area contributed by atoms with Crippen LogP contribution in [0.1, 0.15) is 26.7 Å². The fourth-order valence-electron chi connectivity index (χ4n) is 1.27. The van der Waals surface area contributed by atoms with E-state index in [0.717, 1.165) is 0 Å². The first kappa shape index (κ1) is 17.7. The first-order valence-electron chi connectivity index (χ1n) is 6.02. The number of carboxylic acid groups (broad SMARTS) is 1. The number of nitrogens with two attached hydrogens (primary N) is 1. The van der Waals surface area contributed by atoms with Crippen molar-refractivity contribution in [1.82, 2.24) is 10.6 Å². The van der Waals surface area contributed by atoms with E-state index in [0.29, 0.717) is 0 Å². The van der Waals surface area contributed by atoms with Gasteiger partial charge in [0.25, 0.3) is 0 Å². The number of urea groups is 1. The number of aliphatic carboxylic acids is 1. The van der Waals surface area contributed by atoms with Crippen LogP contribution in [0.3, 0.4) is 0 Å². The molecule has 0 aliphatic rings. The van der Waals surface area contributed by atoms with Crippen molar-refractivity contribution < 1.29 is 29.0 Å². The topological polar surface area (TPSA) is 148 Å². The number of carbonyl (C=O) groups excluding carboxylic acids is 3. The Morgan fingerprint density at radius 2 is 1.85 bits per heavy atom. The monoisotopic (exact) mass is 289 g/mol. The molecule has 0 aliphatic heterocycles. The summed E-state index contributed by atoms with van der Waals surface area (Å²) < 4.78 is 4.68. The standard InChI is InChI=1S/C11H19N3O6/c1-3-20-10(18)6(2)13-11(19)14-7(9(16)17)4-5-8(12)15/h6-7H,3-5H2,1-2H3,(H2,12,15)(H,16,17)(H2,13,14,19). The van der Waals surface area contributed by atoms with Gasteiger partial charge in [-0.1, -0.05) is 0 Å². The normalized spacial score (nSPS) is 12.9. The summed E-state index contributed by atoms with van der Waals surface area (Å²) in [4.78, 5) is 44.3. The van der Waals surface area contributed by atoms with Gasteiger partial charge >= 0.3 is 18.0 Å². The Kier molecular flexibility index (Phi) is 7.71. The zero-order valence-corrected chi connectivity index (χ0v) is 11.3. The van der Waals surface area contributed by atoms with Gasteiger partial charge in [0.15, 0.2) is 0 Å². The molecule has 2 unspecified atom stereocenters. The Labute approximate surface area is 115 Å². The minimum Gasteiger partial charge on any atom is -0.480 e. The molecule has 0 spiro atoms. The molecule has 0 bridgehead atoms. The van der Waals surface area contributed by atoms with Gasteiger partial charge in [0.2, 0.25) is 5.91 Å². The van der Waals surface area contributed by atoms with Gasteiger partial charge in [-0.2, -0.15) is 0 Å². The second-order valence-electron chi connectivity index (χ2n) is 3.99. The van der Waals surface area contributed by atoms with Crippen LogP contribution >= 0.6 is 0 Å². The molecule has 0 radical (unpaired) electrons. The minimum atomic E-state index is -1.30. The quantitative estimate of drug-likeness (QED) is 0.419. The molecule has 0 aromatic heterocycles. The SMILES string of the molecule is CCOC(=O)C(C)NC(=O)NC(CCC(N)=O)C(=O)O. The summed E-state index contributed by atoms with van der Waals surface area (Å²) in [5, 5.41) is 13.2. The van der Waals surface area contributed by atoms with Crippen LogP contribution in [-0.2, 0) is 19.1 Å². The Bertz CT molecular complexity index is 384. The van der Waals surface area contributed by atoms with Crippen molar-refractivity contribution in [3.63, 3.8) is 0 Å². The van der Waals surface area contributed by atoms with Gasteiger partial charge in [0.05, 0.1) is 6.61 Å². The zero-order chi connectivity index (χ0) is 15.7. The van der Waals surface area contributed by atoms with Gasteiger partial charge in [0.1, 0.15) is 12.1 Å². The van der Waals surface area contributed by atoms with E-state index in [1.54, 1.807) is 6.92 Å². The lowest BCUT2D eigenvalue weighted by molar-refractivity contribution is -0.144. The average molecular weight is 289 g/mol. The summed E-state index contributed by atoms with van der Waals surface area (Å²) in [5.74, 6) is -2.60. The lowest BCUT2D eigenvalue weighted by Crippen LogP contribution is -2.50. The average Bonchev–Trinajstić information content (AvgIpc) is 2.33. The van der Waals surface area contributed by atoms with Crippen molar-refractivity contribution in [3.8, 4) is 0 Å². The largest absolute Gasteiger partial charge is 0.480 e. The minimum absolute atomic E-state index is 0.133. The fraction of sp³-hybridized carbons (Fsp3) is 0.636. The van der Waals surface area contributed by atoms with Gasteiger partial charge in [-0.05, 0) is 20.3 Å². The highest BCUT2D eigenvalue weighted by Crippen LogP contribution is 1.98. The number of hydrogen-bond acceptors (Lipinski definition) is 5. The first-order valence-corrected chi connectivity index (χ1v) is 6.02. The molecule has 0 heterocycles. The smallest absolute Gasteiger partial charge is 0.328 e. The highest BCUT2D eigenvalue weighted by Gasteiger charge is 2.23. The van der Waals surface area contributed by atoms with Crippen molar-refractivity contribution in [3.05, 3.63) is 0 Å². The van der Waals surface area contributed by atoms with Crippen molar-refractivity contribution in [2.45, 2.75) is 38.8 Å². The molecule has 0 fully saturated rings. The van der Waals surface area contributed by atoms with E-state index in [-0.39, 0.29) is 19.4 Å². The molecule has 9 nitrogen and oxygen atoms in total. The van der Waals surface area contributed by atoms with Crippen molar-refractivity contribution in [1.29, 1.82) is 0 Å². The Hall–Kier alpha value is -2.32. The molecule has 0 aliphatic carbocycles. The van der Waals surface area contributed by atoms with Crippen molar-refractivity contribution >= 4 is 23.9 Å². The van der Waals surface area contributed by atoms with Gasteiger partial charge in [0, 0.05) is 6.42 Å². The van der Waals surface area contributed by atoms with Crippen LogP contribution < -0.4 is 16.4 Å². The highest BCUT2D eigenvalue weighted by molar-refractivity contribution is 5.86. The number of esters is 1.